The van der Waals surface area contributed by atoms with E-state index in [4.69, 9.17) is 5.11 Å². The molecule has 0 spiro atoms. The van der Waals surface area contributed by atoms with Crippen molar-refractivity contribution in [1.29, 1.82) is 0 Å². The topological polar surface area (TPSA) is 74.2 Å². The van der Waals surface area contributed by atoms with Crippen molar-refractivity contribution in [3.8, 4) is 0 Å². The van der Waals surface area contributed by atoms with Gasteiger partial charge in [0.25, 0.3) is 5.91 Å². The average molecular weight is 177 g/mol. The maximum Gasteiger partial charge on any atom is 0.276 e. The van der Waals surface area contributed by atoms with Gasteiger partial charge in [0.2, 0.25) is 0 Å². The van der Waals surface area contributed by atoms with E-state index in [9.17, 15) is 4.79 Å². The number of carbonyl (C=O) groups is 1. The van der Waals surface area contributed by atoms with E-state index in [2.05, 4.69) is 15.6 Å². The zero-order valence-corrected chi connectivity index (χ0v) is 6.61. The Morgan fingerprint density at radius 1 is 1.46 bits per heavy atom. The van der Waals surface area contributed by atoms with E-state index in [0.29, 0.717) is 11.5 Å². The molecule has 1 aromatic rings. The number of amides is 1. The van der Waals surface area contributed by atoms with Crippen molar-refractivity contribution >= 4 is 17.4 Å². The smallest absolute Gasteiger partial charge is 0.276 e. The molecule has 2 rings (SSSR count). The van der Waals surface area contributed by atoms with E-state index in [0.717, 1.165) is 6.26 Å². The van der Waals surface area contributed by atoms with E-state index >= 15 is 0 Å². The van der Waals surface area contributed by atoms with Gasteiger partial charge in [0.05, 0.1) is 5.69 Å². The van der Waals surface area contributed by atoms with E-state index < -0.39 is 5.91 Å². The fraction of sp³-hybridized carbons (Fsp3) is 0. The lowest BCUT2D eigenvalue weighted by Gasteiger charge is -2.18. The lowest BCUT2D eigenvalue weighted by Crippen LogP contribution is -2.26. The third-order valence-corrected chi connectivity index (χ3v) is 1.68. The first kappa shape index (κ1) is 7.60. The van der Waals surface area contributed by atoms with Gasteiger partial charge in [0.15, 0.2) is 5.82 Å². The number of aliphatic hydroxyl groups is 1. The Balaban J connectivity index is 2.44. The molecule has 0 radical (unpaired) electrons. The molecule has 66 valence electrons. The Labute approximate surface area is 74.1 Å². The summed E-state index contributed by atoms with van der Waals surface area (Å²) in [5, 5.41) is 13.9. The highest BCUT2D eigenvalue weighted by molar-refractivity contribution is 6.09. The second-order valence-electron chi connectivity index (χ2n) is 2.52. The average Bonchev–Trinajstić information content (AvgIpc) is 2.17. The summed E-state index contributed by atoms with van der Waals surface area (Å²) in [6.07, 6.45) is 2.31. The summed E-state index contributed by atoms with van der Waals surface area (Å²) in [6.45, 7) is 0. The van der Waals surface area contributed by atoms with Crippen molar-refractivity contribution in [2.24, 2.45) is 0 Å². The minimum atomic E-state index is -0.395. The normalized spacial score (nSPS) is 17.5. The van der Waals surface area contributed by atoms with Crippen LogP contribution in [0.15, 0.2) is 30.3 Å². The van der Waals surface area contributed by atoms with E-state index in [-0.39, 0.29) is 5.70 Å². The highest BCUT2D eigenvalue weighted by atomic mass is 16.2. The predicted octanol–water partition coefficient (Wildman–Crippen LogP) is 0.845. The second kappa shape index (κ2) is 2.78. The van der Waals surface area contributed by atoms with E-state index in [1.165, 1.54) is 0 Å². The molecule has 1 aromatic heterocycles. The Morgan fingerprint density at radius 3 is 3.08 bits per heavy atom. The van der Waals surface area contributed by atoms with Crippen LogP contribution >= 0.6 is 0 Å². The minimum absolute atomic E-state index is 0.112. The summed E-state index contributed by atoms with van der Waals surface area (Å²) < 4.78 is 0. The van der Waals surface area contributed by atoms with Crippen LogP contribution in [0.25, 0.3) is 0 Å². The molecular formula is C8H7N3O2. The second-order valence-corrected chi connectivity index (χ2v) is 2.52. The monoisotopic (exact) mass is 177 g/mol. The van der Waals surface area contributed by atoms with Crippen LogP contribution in [0.3, 0.4) is 0 Å². The van der Waals surface area contributed by atoms with Gasteiger partial charge < -0.3 is 15.7 Å². The molecule has 0 atom stereocenters. The number of nitrogens with one attached hydrogen (secondary N) is 2. The zero-order chi connectivity index (χ0) is 9.26. The van der Waals surface area contributed by atoms with Gasteiger partial charge in [-0.05, 0) is 12.1 Å². The van der Waals surface area contributed by atoms with Crippen molar-refractivity contribution in [2.45, 2.75) is 0 Å². The molecule has 0 fully saturated rings. The number of rotatable bonds is 0. The van der Waals surface area contributed by atoms with Crippen LogP contribution in [0.4, 0.5) is 11.5 Å². The van der Waals surface area contributed by atoms with Gasteiger partial charge >= 0.3 is 0 Å². The molecule has 0 aliphatic carbocycles. The molecule has 1 amide bonds. The zero-order valence-electron chi connectivity index (χ0n) is 6.61. The van der Waals surface area contributed by atoms with Crippen LogP contribution in [0.5, 0.6) is 0 Å². The summed E-state index contributed by atoms with van der Waals surface area (Å²) in [4.78, 5) is 15.1. The molecule has 0 unspecified atom stereocenters. The summed E-state index contributed by atoms with van der Waals surface area (Å²) in [6, 6.07) is 3.49. The Hall–Kier alpha value is -2.04. The van der Waals surface area contributed by atoms with Crippen molar-refractivity contribution in [1.82, 2.24) is 4.98 Å². The highest BCUT2D eigenvalue weighted by Gasteiger charge is 2.19. The first-order valence-electron chi connectivity index (χ1n) is 3.69. The summed E-state index contributed by atoms with van der Waals surface area (Å²) in [5.74, 6) is 0.0757. The summed E-state index contributed by atoms with van der Waals surface area (Å²) in [5.41, 5.74) is 0.780. The largest absolute Gasteiger partial charge is 0.513 e. The summed E-state index contributed by atoms with van der Waals surface area (Å²) in [7, 11) is 0. The third kappa shape index (κ3) is 1.20. The molecule has 1 aliphatic heterocycles. The fourth-order valence-corrected chi connectivity index (χ4v) is 1.07. The SMILES string of the molecule is O=C1Nc2ncccc2N/C1=C/O. The first-order valence-corrected chi connectivity index (χ1v) is 3.69. The molecule has 0 saturated carbocycles. The molecule has 5 nitrogen and oxygen atoms in total. The lowest BCUT2D eigenvalue weighted by molar-refractivity contribution is -0.112. The molecule has 1 aliphatic rings. The highest BCUT2D eigenvalue weighted by Crippen LogP contribution is 2.24. The number of aliphatic hydroxyl groups excluding tert-OH is 1. The van der Waals surface area contributed by atoms with Gasteiger partial charge in [-0.25, -0.2) is 4.98 Å². The van der Waals surface area contributed by atoms with Crippen molar-refractivity contribution in [3.63, 3.8) is 0 Å². The van der Waals surface area contributed by atoms with Crippen LogP contribution in [0, 0.1) is 0 Å². The molecule has 0 aromatic carbocycles. The number of hydrogen-bond donors (Lipinski definition) is 3. The number of pyridine rings is 1. The molecule has 5 heteroatoms. The number of fused-ring (bicyclic) bond motifs is 1. The van der Waals surface area contributed by atoms with Gasteiger partial charge in [-0.2, -0.15) is 0 Å². The third-order valence-electron chi connectivity index (χ3n) is 1.68. The van der Waals surface area contributed by atoms with Crippen LogP contribution in [0.1, 0.15) is 0 Å². The van der Waals surface area contributed by atoms with Crippen LogP contribution in [-0.2, 0) is 4.79 Å². The van der Waals surface area contributed by atoms with Gasteiger partial charge in [0.1, 0.15) is 12.0 Å². The van der Waals surface area contributed by atoms with Crippen molar-refractivity contribution in [2.75, 3.05) is 10.6 Å². The molecular weight excluding hydrogens is 170 g/mol. The molecule has 0 saturated heterocycles. The Bertz CT molecular complexity index is 387. The predicted molar refractivity (Wildman–Crippen MR) is 47.2 cm³/mol. The number of carbonyl (C=O) groups excluding carboxylic acids is 1. The maximum absolute atomic E-state index is 11.1. The fourth-order valence-electron chi connectivity index (χ4n) is 1.07. The number of hydrogen-bond acceptors (Lipinski definition) is 4. The van der Waals surface area contributed by atoms with Crippen LogP contribution in [-0.4, -0.2) is 16.0 Å². The number of nitrogens with zero attached hydrogens (tertiary/aromatic N) is 1. The minimum Gasteiger partial charge on any atom is -0.513 e. The Morgan fingerprint density at radius 2 is 2.31 bits per heavy atom. The Kier molecular flexibility index (Phi) is 1.63. The number of anilines is 2. The van der Waals surface area contributed by atoms with Gasteiger partial charge in [-0.1, -0.05) is 0 Å². The van der Waals surface area contributed by atoms with E-state index in [1.54, 1.807) is 18.3 Å². The summed E-state index contributed by atoms with van der Waals surface area (Å²) >= 11 is 0. The van der Waals surface area contributed by atoms with Gasteiger partial charge in [-0.15, -0.1) is 0 Å². The quantitative estimate of drug-likeness (QED) is 0.405. The molecule has 3 N–H and O–H groups in total. The van der Waals surface area contributed by atoms with E-state index in [1.807, 2.05) is 0 Å². The van der Waals surface area contributed by atoms with Gasteiger partial charge in [0, 0.05) is 6.20 Å². The maximum atomic E-state index is 11.1. The number of aromatic nitrogens is 1. The van der Waals surface area contributed by atoms with Crippen LogP contribution < -0.4 is 10.6 Å². The standard InChI is InChI=1S/C8H7N3O2/c12-4-6-8(13)11-7-5(10-6)2-1-3-9-7/h1-4,10,12H,(H,9,11,13)/b6-4+. The molecule has 2 heterocycles. The molecule has 13 heavy (non-hydrogen) atoms. The van der Waals surface area contributed by atoms with Crippen molar-refractivity contribution < 1.29 is 9.90 Å². The van der Waals surface area contributed by atoms with Gasteiger partial charge in [-0.3, -0.25) is 4.79 Å². The first-order chi connectivity index (χ1) is 6.31. The molecule has 0 bridgehead atoms. The van der Waals surface area contributed by atoms with Crippen LogP contribution in [0.2, 0.25) is 0 Å². The lowest BCUT2D eigenvalue weighted by atomic mass is 10.3. The van der Waals surface area contributed by atoms with Crippen molar-refractivity contribution in [3.05, 3.63) is 30.3 Å².